The minimum Gasteiger partial charge on any atom is -0.398 e. The molecule has 1 aliphatic heterocycles. The van der Waals surface area contributed by atoms with E-state index in [1.165, 1.54) is 6.07 Å². The van der Waals surface area contributed by atoms with E-state index in [2.05, 4.69) is 4.90 Å². The first-order valence-corrected chi connectivity index (χ1v) is 6.71. The fourth-order valence-corrected chi connectivity index (χ4v) is 2.72. The highest BCUT2D eigenvalue weighted by atomic mass is 19.4. The zero-order valence-electron chi connectivity index (χ0n) is 11.7. The molecule has 1 fully saturated rings. The number of hydrogen-bond acceptors (Lipinski definition) is 3. The Kier molecular flexibility index (Phi) is 4.13. The van der Waals surface area contributed by atoms with Crippen LogP contribution < -0.4 is 10.6 Å². The summed E-state index contributed by atoms with van der Waals surface area (Å²) >= 11 is 0. The maximum Gasteiger partial charge on any atom is 0.418 e. The Morgan fingerprint density at radius 1 is 1.25 bits per heavy atom. The Bertz CT molecular complexity index is 473. The average molecular weight is 287 g/mol. The number of nitrogens with zero attached hydrogens (tertiary/aromatic N) is 2. The molecule has 0 aromatic heterocycles. The molecule has 112 valence electrons. The van der Waals surface area contributed by atoms with Crippen molar-refractivity contribution in [1.82, 2.24) is 4.90 Å². The maximum absolute atomic E-state index is 12.9. The number of halogens is 3. The third-order valence-electron chi connectivity index (χ3n) is 3.72. The van der Waals surface area contributed by atoms with E-state index in [4.69, 9.17) is 5.73 Å². The lowest BCUT2D eigenvalue weighted by atomic mass is 10.1. The Morgan fingerprint density at radius 3 is 2.60 bits per heavy atom. The summed E-state index contributed by atoms with van der Waals surface area (Å²) in [7, 11) is 2.03. The summed E-state index contributed by atoms with van der Waals surface area (Å²) in [6, 6.07) is 4.36. The molecule has 1 aliphatic rings. The molecule has 0 radical (unpaired) electrons. The van der Waals surface area contributed by atoms with Crippen LogP contribution in [0.5, 0.6) is 0 Å². The Hall–Kier alpha value is -1.43. The summed E-state index contributed by atoms with van der Waals surface area (Å²) in [4.78, 5) is 4.23. The molecule has 0 amide bonds. The van der Waals surface area contributed by atoms with Gasteiger partial charge in [0.2, 0.25) is 0 Å². The van der Waals surface area contributed by atoms with Crippen molar-refractivity contribution >= 4 is 11.4 Å². The van der Waals surface area contributed by atoms with Crippen LogP contribution in [0.2, 0.25) is 0 Å². The van der Waals surface area contributed by atoms with Crippen LogP contribution in [0.4, 0.5) is 24.5 Å². The lowest BCUT2D eigenvalue weighted by Gasteiger charge is -2.30. The molecule has 2 N–H and O–H groups in total. The van der Waals surface area contributed by atoms with Gasteiger partial charge in [-0.25, -0.2) is 0 Å². The predicted octanol–water partition coefficient (Wildman–Crippen LogP) is 2.82. The largest absolute Gasteiger partial charge is 0.418 e. The van der Waals surface area contributed by atoms with Crippen LogP contribution in [0.15, 0.2) is 18.2 Å². The van der Waals surface area contributed by atoms with Crippen LogP contribution in [0.25, 0.3) is 0 Å². The van der Waals surface area contributed by atoms with Gasteiger partial charge in [0, 0.05) is 30.5 Å². The van der Waals surface area contributed by atoms with Gasteiger partial charge in [-0.15, -0.1) is 0 Å². The van der Waals surface area contributed by atoms with Crippen molar-refractivity contribution in [2.45, 2.75) is 25.6 Å². The molecule has 0 spiro atoms. The number of benzene rings is 1. The number of likely N-dealkylation sites (N-methyl/N-ethyl adjacent to an activating group) is 1. The van der Waals surface area contributed by atoms with Gasteiger partial charge in [0.15, 0.2) is 0 Å². The SMILES string of the molecule is CC1CN(C)CCCN1c1ccc(N)c(C(F)(F)F)c1. The molecular formula is C14H20F3N3. The van der Waals surface area contributed by atoms with Gasteiger partial charge >= 0.3 is 6.18 Å². The van der Waals surface area contributed by atoms with E-state index in [9.17, 15) is 13.2 Å². The van der Waals surface area contributed by atoms with Gasteiger partial charge in [-0.2, -0.15) is 13.2 Å². The summed E-state index contributed by atoms with van der Waals surface area (Å²) in [5, 5.41) is 0. The molecule has 2 rings (SSSR count). The number of hydrogen-bond donors (Lipinski definition) is 1. The lowest BCUT2D eigenvalue weighted by molar-refractivity contribution is -0.136. The Morgan fingerprint density at radius 2 is 1.95 bits per heavy atom. The van der Waals surface area contributed by atoms with E-state index in [0.29, 0.717) is 5.69 Å². The second-order valence-corrected chi connectivity index (χ2v) is 5.43. The maximum atomic E-state index is 12.9. The first-order chi connectivity index (χ1) is 9.29. The Labute approximate surface area is 117 Å². The van der Waals surface area contributed by atoms with Crippen LogP contribution >= 0.6 is 0 Å². The van der Waals surface area contributed by atoms with Crippen molar-refractivity contribution in [2.75, 3.05) is 37.3 Å². The standard InChI is InChI=1S/C14H20F3N3/c1-10-9-19(2)6-3-7-20(10)11-4-5-13(18)12(8-11)14(15,16)17/h4-5,8,10H,3,6-7,9,18H2,1-2H3. The fourth-order valence-electron chi connectivity index (χ4n) is 2.72. The van der Waals surface area contributed by atoms with Crippen molar-refractivity contribution in [3.05, 3.63) is 23.8 Å². The molecular weight excluding hydrogens is 267 g/mol. The summed E-state index contributed by atoms with van der Waals surface area (Å²) in [6.45, 7) is 4.59. The minimum absolute atomic E-state index is 0.173. The summed E-state index contributed by atoms with van der Waals surface area (Å²) < 4.78 is 38.8. The highest BCUT2D eigenvalue weighted by Gasteiger charge is 2.34. The molecule has 6 heteroatoms. The molecule has 1 heterocycles. The zero-order chi connectivity index (χ0) is 14.9. The molecule has 0 bridgehead atoms. The van der Waals surface area contributed by atoms with Crippen LogP contribution in [-0.2, 0) is 6.18 Å². The monoisotopic (exact) mass is 287 g/mol. The third-order valence-corrected chi connectivity index (χ3v) is 3.72. The van der Waals surface area contributed by atoms with Crippen LogP contribution in [0.1, 0.15) is 18.9 Å². The fraction of sp³-hybridized carbons (Fsp3) is 0.571. The molecule has 0 saturated carbocycles. The van der Waals surface area contributed by atoms with E-state index >= 15 is 0 Å². The highest BCUT2D eigenvalue weighted by Crippen LogP contribution is 2.36. The van der Waals surface area contributed by atoms with Crippen molar-refractivity contribution < 1.29 is 13.2 Å². The molecule has 1 atom stereocenters. The summed E-state index contributed by atoms with van der Waals surface area (Å²) in [6.07, 6.45) is -3.47. The topological polar surface area (TPSA) is 32.5 Å². The lowest BCUT2D eigenvalue weighted by Crippen LogP contribution is -2.38. The van der Waals surface area contributed by atoms with Crippen LogP contribution in [0.3, 0.4) is 0 Å². The van der Waals surface area contributed by atoms with E-state index in [-0.39, 0.29) is 11.7 Å². The summed E-state index contributed by atoms with van der Waals surface area (Å²) in [5.41, 5.74) is 5.07. The number of nitrogens with two attached hydrogens (primary N) is 1. The van der Waals surface area contributed by atoms with Gasteiger partial charge in [-0.3, -0.25) is 0 Å². The van der Waals surface area contributed by atoms with Gasteiger partial charge < -0.3 is 15.5 Å². The van der Waals surface area contributed by atoms with E-state index in [0.717, 1.165) is 32.1 Å². The van der Waals surface area contributed by atoms with Gasteiger partial charge in [-0.1, -0.05) is 0 Å². The minimum atomic E-state index is -4.41. The molecule has 1 unspecified atom stereocenters. The number of anilines is 2. The number of nitrogen functional groups attached to an aromatic ring is 1. The van der Waals surface area contributed by atoms with Gasteiger partial charge in [0.1, 0.15) is 0 Å². The smallest absolute Gasteiger partial charge is 0.398 e. The first kappa shape index (κ1) is 15.0. The third kappa shape index (κ3) is 3.17. The van der Waals surface area contributed by atoms with E-state index in [1.807, 2.05) is 18.9 Å². The van der Waals surface area contributed by atoms with Gasteiger partial charge in [-0.05, 0) is 45.1 Å². The average Bonchev–Trinajstić information content (AvgIpc) is 2.49. The van der Waals surface area contributed by atoms with Crippen LogP contribution in [0, 0.1) is 0 Å². The Balaban J connectivity index is 2.32. The highest BCUT2D eigenvalue weighted by molar-refractivity contribution is 5.60. The predicted molar refractivity (Wildman–Crippen MR) is 74.8 cm³/mol. The number of alkyl halides is 3. The van der Waals surface area contributed by atoms with Gasteiger partial charge in [0.05, 0.1) is 5.56 Å². The van der Waals surface area contributed by atoms with Gasteiger partial charge in [0.25, 0.3) is 0 Å². The quantitative estimate of drug-likeness (QED) is 0.806. The van der Waals surface area contributed by atoms with Crippen molar-refractivity contribution in [1.29, 1.82) is 0 Å². The molecule has 3 nitrogen and oxygen atoms in total. The second-order valence-electron chi connectivity index (χ2n) is 5.43. The van der Waals surface area contributed by atoms with E-state index in [1.54, 1.807) is 6.07 Å². The first-order valence-electron chi connectivity index (χ1n) is 6.71. The zero-order valence-corrected chi connectivity index (χ0v) is 11.7. The molecule has 1 saturated heterocycles. The van der Waals surface area contributed by atoms with E-state index < -0.39 is 11.7 Å². The summed E-state index contributed by atoms with van der Waals surface area (Å²) in [5.74, 6) is 0. The molecule has 0 aliphatic carbocycles. The van der Waals surface area contributed by atoms with Crippen molar-refractivity contribution in [3.63, 3.8) is 0 Å². The second kappa shape index (κ2) is 5.52. The molecule has 1 aromatic rings. The molecule has 20 heavy (non-hydrogen) atoms. The van der Waals surface area contributed by atoms with Crippen molar-refractivity contribution in [3.8, 4) is 0 Å². The molecule has 1 aromatic carbocycles. The van der Waals surface area contributed by atoms with Crippen molar-refractivity contribution in [2.24, 2.45) is 0 Å². The normalized spacial score (nSPS) is 21.9. The number of rotatable bonds is 1. The van der Waals surface area contributed by atoms with Crippen LogP contribution in [-0.4, -0.2) is 37.6 Å².